The van der Waals surface area contributed by atoms with Crippen molar-refractivity contribution in [1.82, 2.24) is 15.1 Å². The third kappa shape index (κ3) is 5.65. The molecule has 24 heavy (non-hydrogen) atoms. The van der Waals surface area contributed by atoms with Crippen molar-refractivity contribution >= 4 is 12.0 Å². The summed E-state index contributed by atoms with van der Waals surface area (Å²) >= 11 is 0. The van der Waals surface area contributed by atoms with Crippen LogP contribution in [0.5, 0.6) is 0 Å². The third-order valence-electron chi connectivity index (χ3n) is 5.46. The van der Waals surface area contributed by atoms with E-state index < -0.39 is 11.9 Å². The first kappa shape index (κ1) is 19.0. The number of hydrogen-bond donors (Lipinski definition) is 2. The van der Waals surface area contributed by atoms with Crippen LogP contribution in [-0.4, -0.2) is 66.2 Å². The zero-order valence-corrected chi connectivity index (χ0v) is 15.2. The molecule has 1 saturated carbocycles. The highest BCUT2D eigenvalue weighted by Crippen LogP contribution is 2.22. The number of aliphatic carboxylic acids is 1. The van der Waals surface area contributed by atoms with Crippen LogP contribution in [0.1, 0.15) is 51.9 Å². The van der Waals surface area contributed by atoms with Crippen LogP contribution in [0.4, 0.5) is 4.79 Å². The minimum absolute atomic E-state index is 0.117. The summed E-state index contributed by atoms with van der Waals surface area (Å²) in [5, 5.41) is 12.1. The van der Waals surface area contributed by atoms with E-state index in [1.54, 1.807) is 4.90 Å². The summed E-state index contributed by atoms with van der Waals surface area (Å²) in [6, 6.07) is 0.585. The Labute approximate surface area is 145 Å². The molecule has 1 aliphatic heterocycles. The number of carbonyl (C=O) groups excluding carboxylic acids is 1. The van der Waals surface area contributed by atoms with Crippen LogP contribution in [0.25, 0.3) is 0 Å². The second kappa shape index (κ2) is 9.25. The molecule has 1 saturated heterocycles. The molecule has 0 bridgehead atoms. The van der Waals surface area contributed by atoms with Crippen molar-refractivity contribution in [3.05, 3.63) is 0 Å². The van der Waals surface area contributed by atoms with E-state index >= 15 is 0 Å². The standard InChI is InChI=1S/C18H33N3O3/c1-14-11-15(17(22)23)13-21(12-14)18(24)19-9-6-10-20(2)16-7-4-3-5-8-16/h14-16H,3-13H2,1-2H3,(H,19,24)(H,22,23). The maximum Gasteiger partial charge on any atom is 0.317 e. The molecule has 0 aromatic carbocycles. The summed E-state index contributed by atoms with van der Waals surface area (Å²) in [6.07, 6.45) is 8.23. The van der Waals surface area contributed by atoms with Crippen LogP contribution in [0.2, 0.25) is 0 Å². The van der Waals surface area contributed by atoms with Gasteiger partial charge in [0, 0.05) is 25.7 Å². The Kier molecular flexibility index (Phi) is 7.34. The van der Waals surface area contributed by atoms with Gasteiger partial charge in [-0.3, -0.25) is 4.79 Å². The first-order valence-electron chi connectivity index (χ1n) is 9.43. The third-order valence-corrected chi connectivity index (χ3v) is 5.46. The predicted molar refractivity (Wildman–Crippen MR) is 94.0 cm³/mol. The normalized spacial score (nSPS) is 25.7. The van der Waals surface area contributed by atoms with E-state index in [0.717, 1.165) is 13.0 Å². The lowest BCUT2D eigenvalue weighted by molar-refractivity contribution is -0.143. The van der Waals surface area contributed by atoms with Crippen molar-refractivity contribution in [1.29, 1.82) is 0 Å². The van der Waals surface area contributed by atoms with Gasteiger partial charge in [0.25, 0.3) is 0 Å². The summed E-state index contributed by atoms with van der Waals surface area (Å²) < 4.78 is 0. The van der Waals surface area contributed by atoms with Crippen LogP contribution in [0.3, 0.4) is 0 Å². The minimum Gasteiger partial charge on any atom is -0.481 e. The van der Waals surface area contributed by atoms with Gasteiger partial charge in [-0.2, -0.15) is 0 Å². The number of carbonyl (C=O) groups is 2. The zero-order chi connectivity index (χ0) is 17.5. The van der Waals surface area contributed by atoms with Crippen LogP contribution in [0.15, 0.2) is 0 Å². The molecule has 0 radical (unpaired) electrons. The Morgan fingerprint density at radius 3 is 2.58 bits per heavy atom. The summed E-state index contributed by atoms with van der Waals surface area (Å²) in [4.78, 5) is 27.5. The molecular formula is C18H33N3O3. The molecule has 2 rings (SSSR count). The molecule has 138 valence electrons. The summed E-state index contributed by atoms with van der Waals surface area (Å²) in [6.45, 7) is 4.64. The number of hydrogen-bond acceptors (Lipinski definition) is 3. The van der Waals surface area contributed by atoms with E-state index in [0.29, 0.717) is 32.1 Å². The van der Waals surface area contributed by atoms with Crippen LogP contribution in [-0.2, 0) is 4.79 Å². The molecule has 2 unspecified atom stereocenters. The van der Waals surface area contributed by atoms with Crippen molar-refractivity contribution in [2.45, 2.75) is 57.9 Å². The van der Waals surface area contributed by atoms with Crippen LogP contribution < -0.4 is 5.32 Å². The topological polar surface area (TPSA) is 72.9 Å². The number of nitrogens with one attached hydrogen (secondary N) is 1. The van der Waals surface area contributed by atoms with E-state index in [4.69, 9.17) is 0 Å². The van der Waals surface area contributed by atoms with Gasteiger partial charge in [-0.25, -0.2) is 4.79 Å². The van der Waals surface area contributed by atoms with E-state index in [9.17, 15) is 14.7 Å². The fourth-order valence-corrected chi connectivity index (χ4v) is 4.04. The van der Waals surface area contributed by atoms with Crippen molar-refractivity contribution < 1.29 is 14.7 Å². The smallest absolute Gasteiger partial charge is 0.317 e. The Morgan fingerprint density at radius 2 is 1.92 bits per heavy atom. The van der Waals surface area contributed by atoms with Gasteiger partial charge >= 0.3 is 12.0 Å². The lowest BCUT2D eigenvalue weighted by atomic mass is 9.91. The average Bonchev–Trinajstić information content (AvgIpc) is 2.58. The van der Waals surface area contributed by atoms with E-state index in [2.05, 4.69) is 17.3 Å². The summed E-state index contributed by atoms with van der Waals surface area (Å²) in [7, 11) is 2.18. The molecule has 2 aliphatic rings. The second-order valence-electron chi connectivity index (χ2n) is 7.64. The molecule has 0 aromatic rings. The molecule has 2 amide bonds. The number of rotatable bonds is 6. The van der Waals surface area contributed by atoms with Gasteiger partial charge in [0.15, 0.2) is 0 Å². The fourth-order valence-electron chi connectivity index (χ4n) is 4.04. The van der Waals surface area contributed by atoms with Gasteiger partial charge in [0.1, 0.15) is 0 Å². The number of nitrogens with zero attached hydrogens (tertiary/aromatic N) is 2. The van der Waals surface area contributed by atoms with E-state index in [1.807, 2.05) is 6.92 Å². The maximum absolute atomic E-state index is 12.3. The molecule has 6 heteroatoms. The molecule has 2 atom stereocenters. The molecule has 0 aromatic heterocycles. The van der Waals surface area contributed by atoms with Crippen molar-refractivity contribution in [2.75, 3.05) is 33.2 Å². The largest absolute Gasteiger partial charge is 0.481 e. The number of amides is 2. The quantitative estimate of drug-likeness (QED) is 0.729. The van der Waals surface area contributed by atoms with Crippen LogP contribution >= 0.6 is 0 Å². The molecule has 2 N–H and O–H groups in total. The Morgan fingerprint density at radius 1 is 1.21 bits per heavy atom. The van der Waals surface area contributed by atoms with Gasteiger partial charge in [0.05, 0.1) is 5.92 Å². The Bertz CT molecular complexity index is 424. The number of likely N-dealkylation sites (tertiary alicyclic amines) is 1. The van der Waals surface area contributed by atoms with Gasteiger partial charge < -0.3 is 20.2 Å². The Hall–Kier alpha value is -1.30. The number of carboxylic acid groups (broad SMARTS) is 1. The number of piperidine rings is 1. The average molecular weight is 339 g/mol. The molecule has 6 nitrogen and oxygen atoms in total. The molecule has 2 fully saturated rings. The first-order valence-corrected chi connectivity index (χ1v) is 9.43. The highest BCUT2D eigenvalue weighted by atomic mass is 16.4. The molecule has 0 spiro atoms. The summed E-state index contributed by atoms with van der Waals surface area (Å²) in [5.74, 6) is -0.992. The number of carboxylic acids is 1. The van der Waals surface area contributed by atoms with Crippen molar-refractivity contribution in [3.63, 3.8) is 0 Å². The van der Waals surface area contributed by atoms with E-state index in [-0.39, 0.29) is 11.9 Å². The maximum atomic E-state index is 12.3. The van der Waals surface area contributed by atoms with Gasteiger partial charge in [0.2, 0.25) is 0 Å². The predicted octanol–water partition coefficient (Wildman–Crippen LogP) is 2.39. The highest BCUT2D eigenvalue weighted by Gasteiger charge is 2.31. The van der Waals surface area contributed by atoms with Gasteiger partial charge in [-0.1, -0.05) is 26.2 Å². The van der Waals surface area contributed by atoms with Crippen molar-refractivity contribution in [3.8, 4) is 0 Å². The SMILES string of the molecule is CC1CC(C(=O)O)CN(C(=O)NCCCN(C)C2CCCCC2)C1. The second-order valence-corrected chi connectivity index (χ2v) is 7.64. The van der Waals surface area contributed by atoms with Crippen LogP contribution in [0, 0.1) is 11.8 Å². The molecule has 1 heterocycles. The first-order chi connectivity index (χ1) is 11.5. The van der Waals surface area contributed by atoms with Gasteiger partial charge in [-0.05, 0) is 45.2 Å². The number of urea groups is 1. The lowest BCUT2D eigenvalue weighted by Crippen LogP contribution is -2.49. The minimum atomic E-state index is -0.798. The summed E-state index contributed by atoms with van der Waals surface area (Å²) in [5.41, 5.74) is 0. The zero-order valence-electron chi connectivity index (χ0n) is 15.2. The van der Waals surface area contributed by atoms with E-state index in [1.165, 1.54) is 32.1 Å². The highest BCUT2D eigenvalue weighted by molar-refractivity contribution is 5.76. The lowest BCUT2D eigenvalue weighted by Gasteiger charge is -2.34. The molecular weight excluding hydrogens is 306 g/mol. The van der Waals surface area contributed by atoms with Crippen molar-refractivity contribution in [2.24, 2.45) is 11.8 Å². The van der Waals surface area contributed by atoms with Gasteiger partial charge in [-0.15, -0.1) is 0 Å². The monoisotopic (exact) mass is 339 g/mol. The molecule has 1 aliphatic carbocycles. The fraction of sp³-hybridized carbons (Fsp3) is 0.889. The Balaban J connectivity index is 1.66.